The predicted molar refractivity (Wildman–Crippen MR) is 72.8 cm³/mol. The Morgan fingerprint density at radius 2 is 2.41 bits per heavy atom. The number of carbonyl (C=O) groups is 1. The molecule has 0 saturated carbocycles. The minimum absolute atomic E-state index is 0.0641. The molecule has 0 aliphatic carbocycles. The summed E-state index contributed by atoms with van der Waals surface area (Å²) in [6, 6.07) is 1.51. The van der Waals surface area contributed by atoms with Crippen LogP contribution >= 0.6 is 0 Å². The maximum atomic E-state index is 14.1. The number of carbonyl (C=O) groups excluding carboxylic acids is 1. The molecule has 7 nitrogen and oxygen atoms in total. The van der Waals surface area contributed by atoms with E-state index in [1.54, 1.807) is 4.90 Å². The lowest BCUT2D eigenvalue weighted by atomic mass is 10.3. The van der Waals surface area contributed by atoms with E-state index in [-0.39, 0.29) is 23.7 Å². The van der Waals surface area contributed by atoms with E-state index in [1.165, 1.54) is 18.6 Å². The minimum Gasteiger partial charge on any atom is -0.470 e. The summed E-state index contributed by atoms with van der Waals surface area (Å²) in [6.07, 6.45) is 3.46. The third-order valence-electron chi connectivity index (χ3n) is 3.52. The normalized spacial score (nSPS) is 17.7. The van der Waals surface area contributed by atoms with Gasteiger partial charge in [-0.3, -0.25) is 4.79 Å². The van der Waals surface area contributed by atoms with Crippen molar-refractivity contribution in [2.45, 2.75) is 25.9 Å². The second kappa shape index (κ2) is 6.08. The third kappa shape index (κ3) is 2.76. The van der Waals surface area contributed by atoms with Gasteiger partial charge in [-0.2, -0.15) is 9.37 Å². The van der Waals surface area contributed by atoms with Gasteiger partial charge in [0.05, 0.1) is 18.4 Å². The van der Waals surface area contributed by atoms with Crippen LogP contribution in [0.2, 0.25) is 0 Å². The fraction of sp³-hybridized carbons (Fsp3) is 0.429. The first-order chi connectivity index (χ1) is 10.7. The molecule has 1 amide bonds. The van der Waals surface area contributed by atoms with Crippen LogP contribution in [0.3, 0.4) is 0 Å². The summed E-state index contributed by atoms with van der Waals surface area (Å²) in [5.41, 5.74) is 0.317. The van der Waals surface area contributed by atoms with E-state index in [2.05, 4.69) is 15.1 Å². The molecular formula is C14H15FN4O3. The van der Waals surface area contributed by atoms with E-state index < -0.39 is 5.82 Å². The molecule has 0 bridgehead atoms. The SMILES string of the molecule is CCc1ncnc(O[C@H]2CCN(C(=O)c3ccno3)C2)c1F. The van der Waals surface area contributed by atoms with Crippen LogP contribution in [0.4, 0.5) is 4.39 Å². The lowest BCUT2D eigenvalue weighted by Crippen LogP contribution is -2.30. The smallest absolute Gasteiger partial charge is 0.292 e. The zero-order valence-corrected chi connectivity index (χ0v) is 12.0. The van der Waals surface area contributed by atoms with Crippen LogP contribution in [-0.4, -0.2) is 45.1 Å². The molecule has 1 aliphatic rings. The highest BCUT2D eigenvalue weighted by Gasteiger charge is 2.30. The molecule has 1 saturated heterocycles. The standard InChI is InChI=1S/C14H15FN4O3/c1-2-10-12(15)13(17-8-16-10)21-9-4-6-19(7-9)14(20)11-3-5-18-22-11/h3,5,8-9H,2,4,6-7H2,1H3/t9-/m0/s1. The first-order valence-electron chi connectivity index (χ1n) is 7.05. The summed E-state index contributed by atoms with van der Waals surface area (Å²) in [6.45, 7) is 2.67. The van der Waals surface area contributed by atoms with Crippen molar-refractivity contribution >= 4 is 5.91 Å². The van der Waals surface area contributed by atoms with Gasteiger partial charge in [-0.15, -0.1) is 0 Å². The largest absolute Gasteiger partial charge is 0.470 e. The molecule has 0 spiro atoms. The van der Waals surface area contributed by atoms with Gasteiger partial charge < -0.3 is 14.2 Å². The van der Waals surface area contributed by atoms with Crippen LogP contribution in [0.15, 0.2) is 23.1 Å². The number of nitrogens with zero attached hydrogens (tertiary/aromatic N) is 4. The molecule has 3 heterocycles. The summed E-state index contributed by atoms with van der Waals surface area (Å²) in [4.78, 5) is 21.4. The highest BCUT2D eigenvalue weighted by molar-refractivity contribution is 5.91. The maximum absolute atomic E-state index is 14.1. The number of aromatic nitrogens is 3. The number of halogens is 1. The van der Waals surface area contributed by atoms with Crippen molar-refractivity contribution in [2.24, 2.45) is 0 Å². The van der Waals surface area contributed by atoms with Crippen LogP contribution in [0, 0.1) is 5.82 Å². The molecule has 1 fully saturated rings. The Hall–Kier alpha value is -2.51. The minimum atomic E-state index is -0.537. The summed E-state index contributed by atoms with van der Waals surface area (Å²) in [5.74, 6) is -0.668. The van der Waals surface area contributed by atoms with E-state index in [1.807, 2.05) is 6.92 Å². The number of hydrogen-bond donors (Lipinski definition) is 0. The van der Waals surface area contributed by atoms with Gasteiger partial charge in [0.1, 0.15) is 12.4 Å². The molecule has 1 aliphatic heterocycles. The molecule has 0 aromatic carbocycles. The highest BCUT2D eigenvalue weighted by atomic mass is 19.1. The zero-order chi connectivity index (χ0) is 15.5. The average molecular weight is 306 g/mol. The van der Waals surface area contributed by atoms with Crippen LogP contribution < -0.4 is 4.74 Å². The first-order valence-corrected chi connectivity index (χ1v) is 7.05. The van der Waals surface area contributed by atoms with E-state index in [4.69, 9.17) is 9.26 Å². The van der Waals surface area contributed by atoms with Crippen molar-refractivity contribution in [2.75, 3.05) is 13.1 Å². The number of hydrogen-bond acceptors (Lipinski definition) is 6. The molecule has 0 N–H and O–H groups in total. The van der Waals surface area contributed by atoms with Crippen LogP contribution in [0.5, 0.6) is 5.88 Å². The van der Waals surface area contributed by atoms with E-state index in [9.17, 15) is 9.18 Å². The topological polar surface area (TPSA) is 81.4 Å². The van der Waals surface area contributed by atoms with Crippen LogP contribution in [-0.2, 0) is 6.42 Å². The molecular weight excluding hydrogens is 291 g/mol. The first kappa shape index (κ1) is 14.4. The summed E-state index contributed by atoms with van der Waals surface area (Å²) in [5, 5.41) is 3.51. The maximum Gasteiger partial charge on any atom is 0.292 e. The van der Waals surface area contributed by atoms with Gasteiger partial charge in [0.15, 0.2) is 0 Å². The Morgan fingerprint density at radius 1 is 1.55 bits per heavy atom. The van der Waals surface area contributed by atoms with Gasteiger partial charge in [-0.1, -0.05) is 12.1 Å². The number of rotatable bonds is 4. The number of ether oxygens (including phenoxy) is 1. The molecule has 0 radical (unpaired) electrons. The van der Waals surface area contributed by atoms with E-state index in [0.717, 1.165) is 0 Å². The number of likely N-dealkylation sites (tertiary alicyclic amines) is 1. The Balaban J connectivity index is 1.65. The quantitative estimate of drug-likeness (QED) is 0.850. The fourth-order valence-corrected chi connectivity index (χ4v) is 2.37. The molecule has 3 rings (SSSR count). The second-order valence-corrected chi connectivity index (χ2v) is 4.95. The Bertz CT molecular complexity index is 662. The van der Waals surface area contributed by atoms with Crippen molar-refractivity contribution < 1.29 is 18.4 Å². The van der Waals surface area contributed by atoms with E-state index in [0.29, 0.717) is 31.6 Å². The van der Waals surface area contributed by atoms with Gasteiger partial charge in [0, 0.05) is 19.0 Å². The summed E-state index contributed by atoms with van der Waals surface area (Å²) >= 11 is 0. The lowest BCUT2D eigenvalue weighted by molar-refractivity contribution is 0.0729. The van der Waals surface area contributed by atoms with Gasteiger partial charge in [-0.05, 0) is 6.42 Å². The number of amides is 1. The van der Waals surface area contributed by atoms with Crippen molar-refractivity contribution in [1.82, 2.24) is 20.0 Å². The Morgan fingerprint density at radius 3 is 3.14 bits per heavy atom. The number of aryl methyl sites for hydroxylation is 1. The molecule has 2 aromatic heterocycles. The highest BCUT2D eigenvalue weighted by Crippen LogP contribution is 2.21. The summed E-state index contributed by atoms with van der Waals surface area (Å²) in [7, 11) is 0. The molecule has 0 unspecified atom stereocenters. The van der Waals surface area contributed by atoms with Crippen LogP contribution in [0.25, 0.3) is 0 Å². The zero-order valence-electron chi connectivity index (χ0n) is 12.0. The van der Waals surface area contributed by atoms with Gasteiger partial charge in [0.2, 0.25) is 11.6 Å². The molecule has 2 aromatic rings. The molecule has 22 heavy (non-hydrogen) atoms. The Labute approximate surface area is 126 Å². The van der Waals surface area contributed by atoms with Gasteiger partial charge >= 0.3 is 0 Å². The van der Waals surface area contributed by atoms with Crippen molar-refractivity contribution in [3.8, 4) is 5.88 Å². The van der Waals surface area contributed by atoms with Gasteiger partial charge in [-0.25, -0.2) is 4.98 Å². The lowest BCUT2D eigenvalue weighted by Gasteiger charge is -2.16. The molecule has 116 valence electrons. The average Bonchev–Trinajstić information content (AvgIpc) is 3.20. The fourth-order valence-electron chi connectivity index (χ4n) is 2.37. The Kier molecular flexibility index (Phi) is 3.99. The monoisotopic (exact) mass is 306 g/mol. The van der Waals surface area contributed by atoms with Crippen molar-refractivity contribution in [3.05, 3.63) is 35.9 Å². The second-order valence-electron chi connectivity index (χ2n) is 4.95. The van der Waals surface area contributed by atoms with Gasteiger partial charge in [0.25, 0.3) is 11.8 Å². The van der Waals surface area contributed by atoms with E-state index >= 15 is 0 Å². The van der Waals surface area contributed by atoms with Crippen molar-refractivity contribution in [3.63, 3.8) is 0 Å². The summed E-state index contributed by atoms with van der Waals surface area (Å²) < 4.78 is 24.5. The third-order valence-corrected chi connectivity index (χ3v) is 3.52. The predicted octanol–water partition coefficient (Wildman–Crippen LogP) is 1.46. The van der Waals surface area contributed by atoms with Crippen LogP contribution in [0.1, 0.15) is 29.6 Å². The van der Waals surface area contributed by atoms with Crippen molar-refractivity contribution in [1.29, 1.82) is 0 Å². The molecule has 8 heteroatoms. The molecule has 1 atom stereocenters.